The van der Waals surface area contributed by atoms with Gasteiger partial charge in [-0.15, -0.1) is 0 Å². The zero-order valence-electron chi connectivity index (χ0n) is 10.7. The van der Waals surface area contributed by atoms with Crippen LogP contribution in [-0.2, 0) is 13.6 Å². The van der Waals surface area contributed by atoms with E-state index in [2.05, 4.69) is 26.0 Å². The zero-order valence-corrected chi connectivity index (χ0v) is 10.7. The van der Waals surface area contributed by atoms with Crippen molar-refractivity contribution in [2.24, 2.45) is 7.05 Å². The lowest BCUT2D eigenvalue weighted by Crippen LogP contribution is -2.27. The van der Waals surface area contributed by atoms with Crippen molar-refractivity contribution in [1.29, 1.82) is 0 Å². The highest BCUT2D eigenvalue weighted by molar-refractivity contribution is 5.11. The molecule has 0 bridgehead atoms. The molecule has 5 nitrogen and oxygen atoms in total. The summed E-state index contributed by atoms with van der Waals surface area (Å²) in [5.41, 5.74) is 2.44. The van der Waals surface area contributed by atoms with Crippen LogP contribution >= 0.6 is 0 Å². The molecule has 0 aliphatic carbocycles. The van der Waals surface area contributed by atoms with Crippen molar-refractivity contribution in [3.05, 3.63) is 36.2 Å². The maximum absolute atomic E-state index is 4.43. The van der Waals surface area contributed by atoms with Gasteiger partial charge in [-0.05, 0) is 32.0 Å². The van der Waals surface area contributed by atoms with Crippen LogP contribution in [0.1, 0.15) is 30.1 Å². The first-order valence-electron chi connectivity index (χ1n) is 6.52. The van der Waals surface area contributed by atoms with E-state index in [1.165, 1.54) is 18.5 Å². The van der Waals surface area contributed by atoms with Crippen molar-refractivity contribution >= 4 is 0 Å². The lowest BCUT2D eigenvalue weighted by molar-refractivity contribution is 0.441. The van der Waals surface area contributed by atoms with Gasteiger partial charge in [-0.1, -0.05) is 0 Å². The summed E-state index contributed by atoms with van der Waals surface area (Å²) in [6.45, 7) is 3.04. The minimum atomic E-state index is 0.637. The molecule has 0 aromatic carbocycles. The van der Waals surface area contributed by atoms with Crippen molar-refractivity contribution in [2.45, 2.75) is 25.3 Å². The second kappa shape index (κ2) is 4.94. The number of imidazole rings is 1. The number of aromatic nitrogens is 4. The van der Waals surface area contributed by atoms with Crippen LogP contribution in [0.2, 0.25) is 0 Å². The Balaban J connectivity index is 1.78. The molecular weight excluding hydrogens is 226 g/mol. The number of nitrogens with one attached hydrogen (secondary N) is 1. The van der Waals surface area contributed by atoms with E-state index in [4.69, 9.17) is 0 Å². The molecule has 96 valence electrons. The molecule has 5 heteroatoms. The Kier molecular flexibility index (Phi) is 3.15. The van der Waals surface area contributed by atoms with E-state index in [0.717, 1.165) is 25.3 Å². The van der Waals surface area contributed by atoms with E-state index >= 15 is 0 Å². The van der Waals surface area contributed by atoms with Crippen LogP contribution < -0.4 is 5.32 Å². The van der Waals surface area contributed by atoms with Gasteiger partial charge in [0.05, 0.1) is 18.6 Å². The van der Waals surface area contributed by atoms with Gasteiger partial charge >= 0.3 is 0 Å². The van der Waals surface area contributed by atoms with Crippen LogP contribution in [0, 0.1) is 0 Å². The molecule has 1 aliphatic rings. The predicted octanol–water partition coefficient (Wildman–Crippen LogP) is 1.13. The SMILES string of the molecule is Cn1ccc(Cn2cncc2C2CCNCC2)n1. The van der Waals surface area contributed by atoms with Gasteiger partial charge in [-0.25, -0.2) is 4.98 Å². The fourth-order valence-corrected chi connectivity index (χ4v) is 2.64. The normalized spacial score (nSPS) is 17.2. The molecule has 1 N–H and O–H groups in total. The number of hydrogen-bond donors (Lipinski definition) is 1. The monoisotopic (exact) mass is 245 g/mol. The second-order valence-corrected chi connectivity index (χ2v) is 4.95. The van der Waals surface area contributed by atoms with Gasteiger partial charge in [0.15, 0.2) is 0 Å². The Morgan fingerprint density at radius 2 is 2.22 bits per heavy atom. The third-order valence-corrected chi connectivity index (χ3v) is 3.60. The van der Waals surface area contributed by atoms with Gasteiger partial charge < -0.3 is 9.88 Å². The molecule has 3 heterocycles. The molecule has 0 saturated carbocycles. The van der Waals surface area contributed by atoms with Crippen molar-refractivity contribution in [1.82, 2.24) is 24.6 Å². The van der Waals surface area contributed by atoms with Crippen molar-refractivity contribution in [3.63, 3.8) is 0 Å². The van der Waals surface area contributed by atoms with Gasteiger partial charge in [0, 0.05) is 31.1 Å². The number of rotatable bonds is 3. The average Bonchev–Trinajstić information content (AvgIpc) is 3.00. The Bertz CT molecular complexity index is 507. The van der Waals surface area contributed by atoms with Crippen LogP contribution in [0.5, 0.6) is 0 Å². The molecule has 0 amide bonds. The minimum absolute atomic E-state index is 0.637. The summed E-state index contributed by atoms with van der Waals surface area (Å²) in [5.74, 6) is 0.637. The standard InChI is InChI=1S/C13H19N5/c1-17-7-4-12(16-17)9-18-10-15-8-13(18)11-2-5-14-6-3-11/h4,7-8,10-11,14H,2-3,5-6,9H2,1H3. The fourth-order valence-electron chi connectivity index (χ4n) is 2.64. The summed E-state index contributed by atoms with van der Waals surface area (Å²) in [4.78, 5) is 4.31. The van der Waals surface area contributed by atoms with Gasteiger partial charge in [-0.2, -0.15) is 5.10 Å². The highest BCUT2D eigenvalue weighted by atomic mass is 15.3. The van der Waals surface area contributed by atoms with Gasteiger partial charge in [0.1, 0.15) is 0 Å². The molecule has 0 spiro atoms. The van der Waals surface area contributed by atoms with Crippen molar-refractivity contribution in [2.75, 3.05) is 13.1 Å². The molecule has 0 unspecified atom stereocenters. The predicted molar refractivity (Wildman–Crippen MR) is 69.4 cm³/mol. The topological polar surface area (TPSA) is 47.7 Å². The Hall–Kier alpha value is -1.62. The fraction of sp³-hybridized carbons (Fsp3) is 0.538. The van der Waals surface area contributed by atoms with Gasteiger partial charge in [0.25, 0.3) is 0 Å². The van der Waals surface area contributed by atoms with E-state index < -0.39 is 0 Å². The molecule has 1 aliphatic heterocycles. The summed E-state index contributed by atoms with van der Waals surface area (Å²) < 4.78 is 4.08. The van der Waals surface area contributed by atoms with Crippen LogP contribution in [0.15, 0.2) is 24.8 Å². The summed E-state index contributed by atoms with van der Waals surface area (Å²) in [5, 5.41) is 7.83. The van der Waals surface area contributed by atoms with Crippen LogP contribution in [-0.4, -0.2) is 32.4 Å². The third-order valence-electron chi connectivity index (χ3n) is 3.60. The average molecular weight is 245 g/mol. The summed E-state index contributed by atoms with van der Waals surface area (Å²) >= 11 is 0. The van der Waals surface area contributed by atoms with E-state index in [0.29, 0.717) is 5.92 Å². The molecule has 0 radical (unpaired) electrons. The summed E-state index contributed by atoms with van der Waals surface area (Å²) in [6, 6.07) is 2.06. The van der Waals surface area contributed by atoms with E-state index in [-0.39, 0.29) is 0 Å². The first-order chi connectivity index (χ1) is 8.83. The first kappa shape index (κ1) is 11.5. The Morgan fingerprint density at radius 3 is 2.94 bits per heavy atom. The van der Waals surface area contributed by atoms with E-state index in [1.54, 1.807) is 0 Å². The zero-order chi connectivity index (χ0) is 12.4. The largest absolute Gasteiger partial charge is 0.328 e. The van der Waals surface area contributed by atoms with Crippen molar-refractivity contribution in [3.8, 4) is 0 Å². The minimum Gasteiger partial charge on any atom is -0.328 e. The van der Waals surface area contributed by atoms with Gasteiger partial charge in [0.2, 0.25) is 0 Å². The van der Waals surface area contributed by atoms with E-state index in [1.807, 2.05) is 30.5 Å². The lowest BCUT2D eigenvalue weighted by Gasteiger charge is -2.23. The highest BCUT2D eigenvalue weighted by Crippen LogP contribution is 2.25. The molecular formula is C13H19N5. The molecule has 1 saturated heterocycles. The summed E-state index contributed by atoms with van der Waals surface area (Å²) in [6.07, 6.45) is 8.32. The molecule has 1 fully saturated rings. The maximum Gasteiger partial charge on any atom is 0.0951 e. The molecule has 2 aromatic rings. The van der Waals surface area contributed by atoms with Crippen LogP contribution in [0.3, 0.4) is 0 Å². The molecule has 2 aromatic heterocycles. The third kappa shape index (κ3) is 2.31. The lowest BCUT2D eigenvalue weighted by atomic mass is 9.95. The van der Waals surface area contributed by atoms with Crippen LogP contribution in [0.25, 0.3) is 0 Å². The Morgan fingerprint density at radius 1 is 1.39 bits per heavy atom. The highest BCUT2D eigenvalue weighted by Gasteiger charge is 2.18. The van der Waals surface area contributed by atoms with Crippen molar-refractivity contribution < 1.29 is 0 Å². The van der Waals surface area contributed by atoms with E-state index in [9.17, 15) is 0 Å². The molecule has 18 heavy (non-hydrogen) atoms. The number of piperidine rings is 1. The number of hydrogen-bond acceptors (Lipinski definition) is 3. The maximum atomic E-state index is 4.43. The smallest absolute Gasteiger partial charge is 0.0951 e. The quantitative estimate of drug-likeness (QED) is 0.882. The summed E-state index contributed by atoms with van der Waals surface area (Å²) in [7, 11) is 1.95. The first-order valence-corrected chi connectivity index (χ1v) is 6.52. The molecule has 0 atom stereocenters. The second-order valence-electron chi connectivity index (χ2n) is 4.95. The van der Waals surface area contributed by atoms with Crippen LogP contribution in [0.4, 0.5) is 0 Å². The van der Waals surface area contributed by atoms with Gasteiger partial charge in [-0.3, -0.25) is 4.68 Å². The number of nitrogens with zero attached hydrogens (tertiary/aromatic N) is 4. The Labute approximate surface area is 107 Å². The number of aryl methyl sites for hydroxylation is 1. The molecule has 3 rings (SSSR count).